The maximum Gasteiger partial charge on any atom is 0.317 e. The van der Waals surface area contributed by atoms with Crippen LogP contribution in [0.4, 0.5) is 0 Å². The van der Waals surface area contributed by atoms with E-state index in [1.165, 1.54) is 14.2 Å². The first-order valence-corrected chi connectivity index (χ1v) is 6.58. The van der Waals surface area contributed by atoms with Gasteiger partial charge in [0, 0.05) is 0 Å². The molecule has 0 heterocycles. The Morgan fingerprint density at radius 1 is 1.20 bits per heavy atom. The lowest BCUT2D eigenvalue weighted by molar-refractivity contribution is -0.149. The maximum atomic E-state index is 11.7. The molecule has 1 atom stereocenters. The summed E-state index contributed by atoms with van der Waals surface area (Å²) in [5, 5.41) is -0.516. The maximum absolute atomic E-state index is 11.7. The van der Waals surface area contributed by atoms with Gasteiger partial charge in [-0.2, -0.15) is 0 Å². The molecule has 0 amide bonds. The van der Waals surface area contributed by atoms with Crippen LogP contribution in [-0.4, -0.2) is 31.9 Å². The van der Waals surface area contributed by atoms with Gasteiger partial charge in [-0.1, -0.05) is 6.07 Å². The fraction of sp³-hybridized carbons (Fsp3) is 0.429. The van der Waals surface area contributed by atoms with Crippen LogP contribution in [0, 0.1) is 5.92 Å². The van der Waals surface area contributed by atoms with Gasteiger partial charge in [-0.25, -0.2) is 0 Å². The summed E-state index contributed by atoms with van der Waals surface area (Å²) in [5.74, 6) is -0.362. The van der Waals surface area contributed by atoms with E-state index in [4.69, 9.17) is 14.2 Å². The summed E-state index contributed by atoms with van der Waals surface area (Å²) in [7, 11) is 3.06. The summed E-state index contributed by atoms with van der Waals surface area (Å²) in [4.78, 5) is 23.2. The van der Waals surface area contributed by atoms with Crippen molar-refractivity contribution in [2.75, 3.05) is 20.8 Å². The Hall–Kier alpha value is -1.69. The molecule has 20 heavy (non-hydrogen) atoms. The van der Waals surface area contributed by atoms with Gasteiger partial charge in [-0.3, -0.25) is 9.59 Å². The van der Waals surface area contributed by atoms with Crippen molar-refractivity contribution in [3.8, 4) is 11.5 Å². The van der Waals surface area contributed by atoms with E-state index in [2.05, 4.69) is 12.6 Å². The minimum Gasteiger partial charge on any atom is -0.493 e. The molecule has 0 radical (unpaired) electrons. The lowest BCUT2D eigenvalue weighted by Crippen LogP contribution is -2.25. The molecule has 0 aromatic heterocycles. The van der Waals surface area contributed by atoms with E-state index in [1.54, 1.807) is 25.1 Å². The molecule has 0 N–H and O–H groups in total. The lowest BCUT2D eigenvalue weighted by Gasteiger charge is -2.14. The van der Waals surface area contributed by atoms with Crippen molar-refractivity contribution < 1.29 is 23.8 Å². The Morgan fingerprint density at radius 3 is 2.35 bits per heavy atom. The monoisotopic (exact) mass is 298 g/mol. The molecule has 0 saturated carbocycles. The normalized spacial score (nSPS) is 11.6. The number of carbonyl (C=O) groups excluding carboxylic acids is 2. The average Bonchev–Trinajstić information content (AvgIpc) is 2.44. The van der Waals surface area contributed by atoms with Gasteiger partial charge < -0.3 is 14.2 Å². The molecule has 0 saturated heterocycles. The molecule has 6 heteroatoms. The molecule has 0 spiro atoms. The SMILES string of the molecule is CCOC(=O)C(Cc1ccc(OC)c(OC)c1)C(=O)S. The Balaban J connectivity index is 2.94. The zero-order valence-electron chi connectivity index (χ0n) is 11.7. The number of methoxy groups -OCH3 is 2. The van der Waals surface area contributed by atoms with Crippen LogP contribution in [0.1, 0.15) is 12.5 Å². The van der Waals surface area contributed by atoms with Gasteiger partial charge in [0.2, 0.25) is 5.12 Å². The average molecular weight is 298 g/mol. The molecule has 0 aliphatic rings. The topological polar surface area (TPSA) is 61.8 Å². The number of thiol groups is 1. The molecular formula is C14H18O5S. The molecule has 1 aromatic rings. The van der Waals surface area contributed by atoms with Crippen LogP contribution in [0.5, 0.6) is 11.5 Å². The molecule has 0 aliphatic carbocycles. The first-order valence-electron chi connectivity index (χ1n) is 6.13. The largest absolute Gasteiger partial charge is 0.493 e. The Labute approximate surface area is 123 Å². The number of hydrogen-bond acceptors (Lipinski definition) is 5. The fourth-order valence-electron chi connectivity index (χ4n) is 1.76. The summed E-state index contributed by atoms with van der Waals surface area (Å²) in [6, 6.07) is 5.21. The standard InChI is InChI=1S/C14H18O5S/c1-4-19-13(15)10(14(16)20)7-9-5-6-11(17-2)12(8-9)18-3/h5-6,8,10H,4,7H2,1-3H3,(H,16,20). The lowest BCUT2D eigenvalue weighted by atomic mass is 10.00. The molecule has 0 bridgehead atoms. The molecule has 1 unspecified atom stereocenters. The van der Waals surface area contributed by atoms with Gasteiger partial charge >= 0.3 is 5.97 Å². The minimum atomic E-state index is -0.920. The van der Waals surface area contributed by atoms with E-state index >= 15 is 0 Å². The zero-order chi connectivity index (χ0) is 15.1. The quantitative estimate of drug-likeness (QED) is 0.473. The summed E-state index contributed by atoms with van der Waals surface area (Å²) in [6.45, 7) is 1.91. The van der Waals surface area contributed by atoms with Gasteiger partial charge in [0.1, 0.15) is 5.92 Å². The highest BCUT2D eigenvalue weighted by Gasteiger charge is 2.26. The second kappa shape index (κ2) is 7.79. The van der Waals surface area contributed by atoms with Gasteiger partial charge in [-0.05, 0) is 31.0 Å². The molecule has 110 valence electrons. The van der Waals surface area contributed by atoms with Gasteiger partial charge in [0.15, 0.2) is 11.5 Å². The van der Waals surface area contributed by atoms with Crippen molar-refractivity contribution in [1.29, 1.82) is 0 Å². The predicted molar refractivity (Wildman–Crippen MR) is 77.4 cm³/mol. The van der Waals surface area contributed by atoms with Gasteiger partial charge in [0.05, 0.1) is 20.8 Å². The van der Waals surface area contributed by atoms with Crippen molar-refractivity contribution in [3.05, 3.63) is 23.8 Å². The van der Waals surface area contributed by atoms with Crippen LogP contribution < -0.4 is 9.47 Å². The Morgan fingerprint density at radius 2 is 1.85 bits per heavy atom. The Kier molecular flexibility index (Phi) is 6.38. The third-order valence-electron chi connectivity index (χ3n) is 2.76. The summed E-state index contributed by atoms with van der Waals surface area (Å²) < 4.78 is 15.2. The van der Waals surface area contributed by atoms with E-state index in [1.807, 2.05) is 0 Å². The summed E-state index contributed by atoms with van der Waals surface area (Å²) in [6.07, 6.45) is 0.210. The van der Waals surface area contributed by atoms with Gasteiger partial charge in [0.25, 0.3) is 0 Å². The highest BCUT2D eigenvalue weighted by molar-refractivity contribution is 7.96. The van der Waals surface area contributed by atoms with E-state index in [0.29, 0.717) is 11.5 Å². The van der Waals surface area contributed by atoms with Crippen LogP contribution in [0.25, 0.3) is 0 Å². The second-order valence-electron chi connectivity index (χ2n) is 4.04. The van der Waals surface area contributed by atoms with Crippen LogP contribution in [0.15, 0.2) is 18.2 Å². The van der Waals surface area contributed by atoms with Crippen molar-refractivity contribution in [1.82, 2.24) is 0 Å². The highest BCUT2D eigenvalue weighted by Crippen LogP contribution is 2.28. The third-order valence-corrected chi connectivity index (χ3v) is 3.07. The number of hydrogen-bond donors (Lipinski definition) is 1. The van der Waals surface area contributed by atoms with E-state index < -0.39 is 17.0 Å². The predicted octanol–water partition coefficient (Wildman–Crippen LogP) is 1.88. The van der Waals surface area contributed by atoms with Crippen molar-refractivity contribution in [3.63, 3.8) is 0 Å². The van der Waals surface area contributed by atoms with Crippen LogP contribution in [-0.2, 0) is 20.7 Å². The van der Waals surface area contributed by atoms with E-state index in [-0.39, 0.29) is 13.0 Å². The second-order valence-corrected chi connectivity index (χ2v) is 4.48. The summed E-state index contributed by atoms with van der Waals surface area (Å²) >= 11 is 3.75. The van der Waals surface area contributed by atoms with E-state index in [0.717, 1.165) is 5.56 Å². The third kappa shape index (κ3) is 4.16. The molecule has 1 aromatic carbocycles. The van der Waals surface area contributed by atoms with Crippen LogP contribution >= 0.6 is 12.6 Å². The fourth-order valence-corrected chi connectivity index (χ4v) is 1.95. The first kappa shape index (κ1) is 16.4. The number of carbonyl (C=O) groups is 2. The molecular weight excluding hydrogens is 280 g/mol. The van der Waals surface area contributed by atoms with Gasteiger partial charge in [-0.15, -0.1) is 12.6 Å². The van der Waals surface area contributed by atoms with Crippen molar-refractivity contribution in [2.45, 2.75) is 13.3 Å². The number of ether oxygens (including phenoxy) is 3. The summed E-state index contributed by atoms with van der Waals surface area (Å²) in [5.41, 5.74) is 0.767. The van der Waals surface area contributed by atoms with Crippen LogP contribution in [0.2, 0.25) is 0 Å². The Bertz CT molecular complexity index is 486. The number of esters is 1. The van der Waals surface area contributed by atoms with Crippen molar-refractivity contribution in [2.24, 2.45) is 5.92 Å². The molecule has 0 aliphatic heterocycles. The van der Waals surface area contributed by atoms with Crippen molar-refractivity contribution >= 4 is 23.7 Å². The molecule has 1 rings (SSSR count). The first-order chi connectivity index (χ1) is 9.53. The zero-order valence-corrected chi connectivity index (χ0v) is 12.6. The minimum absolute atomic E-state index is 0.210. The molecule has 0 fully saturated rings. The van der Waals surface area contributed by atoms with E-state index in [9.17, 15) is 9.59 Å². The number of benzene rings is 1. The van der Waals surface area contributed by atoms with Crippen LogP contribution in [0.3, 0.4) is 0 Å². The smallest absolute Gasteiger partial charge is 0.317 e. The molecule has 5 nitrogen and oxygen atoms in total. The highest BCUT2D eigenvalue weighted by atomic mass is 32.1. The number of rotatable bonds is 7.